The number of azide groups is 1. The quantitative estimate of drug-likeness (QED) is 0.0800. The summed E-state index contributed by atoms with van der Waals surface area (Å²) in [4.78, 5) is 15.0. The highest BCUT2D eigenvalue weighted by atomic mass is 79.9. The van der Waals surface area contributed by atoms with Crippen molar-refractivity contribution in [3.05, 3.63) is 44.7 Å². The summed E-state index contributed by atoms with van der Waals surface area (Å²) in [6.07, 6.45) is -0.699. The van der Waals surface area contributed by atoms with Crippen molar-refractivity contribution in [2.24, 2.45) is 5.11 Å². The molecule has 0 fully saturated rings. The molecule has 9 heteroatoms. The maximum absolute atomic E-state index is 12.1. The Balaban J connectivity index is 3.43. The van der Waals surface area contributed by atoms with Crippen LogP contribution in [-0.2, 0) is 19.5 Å². The van der Waals surface area contributed by atoms with Crippen LogP contribution in [0.5, 0.6) is 0 Å². The molecule has 0 aromatic heterocycles. The SMILES string of the molecule is COC(=O)O[C@@](C#CCO[Si](C(C)C)(C(C)C)C(C)C)(CCN=[N+]=[N-])c1ccccc1Br. The van der Waals surface area contributed by atoms with Gasteiger partial charge in [-0.1, -0.05) is 86.7 Å². The molecule has 0 unspecified atom stereocenters. The number of rotatable bonds is 10. The molecule has 0 N–H and O–H groups in total. The van der Waals surface area contributed by atoms with Crippen LogP contribution in [0.4, 0.5) is 4.79 Å². The van der Waals surface area contributed by atoms with E-state index < -0.39 is 20.1 Å². The molecule has 1 aromatic carbocycles. The summed E-state index contributed by atoms with van der Waals surface area (Å²) in [6, 6.07) is 7.34. The highest BCUT2D eigenvalue weighted by molar-refractivity contribution is 9.10. The van der Waals surface area contributed by atoms with Crippen molar-refractivity contribution < 1.29 is 18.7 Å². The summed E-state index contributed by atoms with van der Waals surface area (Å²) in [6.45, 7) is 13.6. The molecular formula is C23H34BrN3O4Si. The van der Waals surface area contributed by atoms with Crippen LogP contribution in [-0.4, -0.2) is 34.7 Å². The number of hydrogen-bond donors (Lipinski definition) is 0. The number of carbonyl (C=O) groups is 1. The van der Waals surface area contributed by atoms with Crippen LogP contribution in [0.3, 0.4) is 0 Å². The van der Waals surface area contributed by atoms with E-state index in [9.17, 15) is 4.79 Å². The Morgan fingerprint density at radius 2 is 1.78 bits per heavy atom. The number of hydrogen-bond acceptors (Lipinski definition) is 5. The van der Waals surface area contributed by atoms with E-state index in [-0.39, 0.29) is 19.6 Å². The van der Waals surface area contributed by atoms with Crippen molar-refractivity contribution in [2.75, 3.05) is 20.3 Å². The average Bonchev–Trinajstić information content (AvgIpc) is 2.73. The van der Waals surface area contributed by atoms with Gasteiger partial charge in [0.1, 0.15) is 0 Å². The lowest BCUT2D eigenvalue weighted by Crippen LogP contribution is -2.47. The van der Waals surface area contributed by atoms with E-state index in [1.165, 1.54) is 7.11 Å². The first-order chi connectivity index (χ1) is 15.1. The molecule has 32 heavy (non-hydrogen) atoms. The van der Waals surface area contributed by atoms with Crippen LogP contribution in [0.2, 0.25) is 16.6 Å². The molecule has 0 spiro atoms. The normalized spacial score (nSPS) is 13.2. The van der Waals surface area contributed by atoms with E-state index in [1.807, 2.05) is 24.3 Å². The second-order valence-electron chi connectivity index (χ2n) is 8.48. The van der Waals surface area contributed by atoms with Crippen LogP contribution in [0, 0.1) is 11.8 Å². The summed E-state index contributed by atoms with van der Waals surface area (Å²) in [5.74, 6) is 6.22. The van der Waals surface area contributed by atoms with Gasteiger partial charge in [-0.15, -0.1) is 0 Å². The van der Waals surface area contributed by atoms with Gasteiger partial charge < -0.3 is 13.9 Å². The molecule has 0 aliphatic heterocycles. The van der Waals surface area contributed by atoms with Crippen molar-refractivity contribution in [3.63, 3.8) is 0 Å². The third kappa shape index (κ3) is 6.76. The van der Waals surface area contributed by atoms with E-state index >= 15 is 0 Å². The zero-order chi connectivity index (χ0) is 24.4. The number of ether oxygens (including phenoxy) is 2. The molecule has 0 saturated carbocycles. The first kappa shape index (κ1) is 28.1. The molecule has 0 bridgehead atoms. The molecule has 1 rings (SSSR count). The second kappa shape index (κ2) is 12.9. The maximum atomic E-state index is 12.1. The van der Waals surface area contributed by atoms with Crippen LogP contribution in [0.15, 0.2) is 33.9 Å². The van der Waals surface area contributed by atoms with Crippen LogP contribution in [0.25, 0.3) is 10.4 Å². The van der Waals surface area contributed by atoms with Crippen molar-refractivity contribution in [1.29, 1.82) is 0 Å². The number of nitrogens with zero attached hydrogens (tertiary/aromatic N) is 3. The Hall–Kier alpha value is -1.98. The van der Waals surface area contributed by atoms with Gasteiger partial charge in [-0.3, -0.25) is 0 Å². The van der Waals surface area contributed by atoms with Gasteiger partial charge >= 0.3 is 6.16 Å². The molecule has 0 radical (unpaired) electrons. The van der Waals surface area contributed by atoms with E-state index in [1.54, 1.807) is 0 Å². The van der Waals surface area contributed by atoms with Crippen molar-refractivity contribution >= 4 is 30.4 Å². The van der Waals surface area contributed by atoms with Crippen LogP contribution < -0.4 is 0 Å². The number of carbonyl (C=O) groups excluding carboxylic acids is 1. The van der Waals surface area contributed by atoms with Crippen LogP contribution >= 0.6 is 15.9 Å². The van der Waals surface area contributed by atoms with Gasteiger partial charge in [0.05, 0.1) is 13.7 Å². The molecule has 1 aromatic rings. The van der Waals surface area contributed by atoms with Gasteiger partial charge in [0, 0.05) is 27.9 Å². The predicted octanol–water partition coefficient (Wildman–Crippen LogP) is 7.32. The highest BCUT2D eigenvalue weighted by Gasteiger charge is 2.45. The molecule has 0 aliphatic carbocycles. The minimum absolute atomic E-state index is 0.0903. The van der Waals surface area contributed by atoms with E-state index in [0.717, 1.165) is 4.47 Å². The molecule has 7 nitrogen and oxygen atoms in total. The van der Waals surface area contributed by atoms with Gasteiger partial charge in [0.2, 0.25) is 13.9 Å². The monoisotopic (exact) mass is 523 g/mol. The smallest absolute Gasteiger partial charge is 0.438 e. The molecule has 0 amide bonds. The van der Waals surface area contributed by atoms with Crippen molar-refractivity contribution in [3.8, 4) is 11.8 Å². The number of methoxy groups -OCH3 is 1. The zero-order valence-electron chi connectivity index (χ0n) is 20.0. The van der Waals surface area contributed by atoms with E-state index in [4.69, 9.17) is 19.4 Å². The minimum atomic E-state index is -2.09. The van der Waals surface area contributed by atoms with E-state index in [0.29, 0.717) is 22.2 Å². The number of halogens is 1. The molecule has 0 aliphatic rings. The Morgan fingerprint density at radius 3 is 2.28 bits per heavy atom. The minimum Gasteiger partial charge on any atom is -0.438 e. The lowest BCUT2D eigenvalue weighted by molar-refractivity contribution is -0.00157. The second-order valence-corrected chi connectivity index (χ2v) is 14.8. The van der Waals surface area contributed by atoms with Crippen molar-refractivity contribution in [2.45, 2.75) is 70.2 Å². The summed E-state index contributed by atoms with van der Waals surface area (Å²) < 4.78 is 17.7. The highest BCUT2D eigenvalue weighted by Crippen LogP contribution is 2.42. The summed E-state index contributed by atoms with van der Waals surface area (Å²) >= 11 is 3.52. The molecule has 176 valence electrons. The van der Waals surface area contributed by atoms with E-state index in [2.05, 4.69) is 79.3 Å². The fourth-order valence-electron chi connectivity index (χ4n) is 4.46. The van der Waals surface area contributed by atoms with Crippen LogP contribution in [0.1, 0.15) is 53.5 Å². The largest absolute Gasteiger partial charge is 0.509 e. The molecular weight excluding hydrogens is 490 g/mol. The topological polar surface area (TPSA) is 93.5 Å². The summed E-state index contributed by atoms with van der Waals surface area (Å²) in [7, 11) is -0.854. The average molecular weight is 525 g/mol. The third-order valence-corrected chi connectivity index (χ3v) is 12.5. The standard InChI is InChI=1S/C23H34BrN3O4Si/c1-17(2)32(18(3)4,19(5)6)30-16-10-13-23(14-15-26-27-25,31-22(28)29-7)20-11-8-9-12-21(20)24/h8-9,11-12,17-19H,14-16H2,1-7H3/t23-/m0/s1. The van der Waals surface area contributed by atoms with Gasteiger partial charge in [-0.2, -0.15) is 0 Å². The Labute approximate surface area is 201 Å². The first-order valence-corrected chi connectivity index (χ1v) is 13.7. The maximum Gasteiger partial charge on any atom is 0.509 e. The lowest BCUT2D eigenvalue weighted by atomic mass is 9.90. The van der Waals surface area contributed by atoms with Crippen molar-refractivity contribution in [1.82, 2.24) is 0 Å². The first-order valence-electron chi connectivity index (χ1n) is 10.7. The van der Waals surface area contributed by atoms with Gasteiger partial charge in [0.25, 0.3) is 0 Å². The summed E-state index contributed by atoms with van der Waals surface area (Å²) in [5.41, 5.74) is 9.30. The number of benzene rings is 1. The predicted molar refractivity (Wildman–Crippen MR) is 133 cm³/mol. The Morgan fingerprint density at radius 1 is 1.19 bits per heavy atom. The Kier molecular flexibility index (Phi) is 11.3. The van der Waals surface area contributed by atoms with Gasteiger partial charge in [0.15, 0.2) is 0 Å². The Bertz CT molecular complexity index is 854. The van der Waals surface area contributed by atoms with Gasteiger partial charge in [-0.25, -0.2) is 4.79 Å². The fraction of sp³-hybridized carbons (Fsp3) is 0.609. The fourth-order valence-corrected chi connectivity index (χ4v) is 10.4. The summed E-state index contributed by atoms with van der Waals surface area (Å²) in [5, 5.41) is 3.62. The molecule has 0 heterocycles. The third-order valence-electron chi connectivity index (χ3n) is 5.75. The molecule has 0 saturated heterocycles. The van der Waals surface area contributed by atoms with Gasteiger partial charge in [-0.05, 0) is 34.1 Å². The zero-order valence-corrected chi connectivity index (χ0v) is 22.6. The lowest BCUT2D eigenvalue weighted by Gasteiger charge is -2.41. The molecule has 1 atom stereocenters.